The quantitative estimate of drug-likeness (QED) is 0.694. The number of nitrogens with zero attached hydrogens (tertiary/aromatic N) is 1. The molecule has 0 atom stereocenters. The largest absolute Gasteiger partial charge is 0.443 e. The highest BCUT2D eigenvalue weighted by Crippen LogP contribution is 2.15. The van der Waals surface area contributed by atoms with E-state index in [1.807, 2.05) is 18.2 Å². The minimum absolute atomic E-state index is 0.102. The topological polar surface area (TPSA) is 89.3 Å². The highest BCUT2D eigenvalue weighted by molar-refractivity contribution is 7.89. The molecule has 0 saturated carbocycles. The third kappa shape index (κ3) is 3.52. The summed E-state index contributed by atoms with van der Waals surface area (Å²) in [6.07, 6.45) is 1.91. The van der Waals surface area contributed by atoms with Crippen LogP contribution in [0.2, 0.25) is 0 Å². The molecule has 0 bridgehead atoms. The van der Waals surface area contributed by atoms with Crippen LogP contribution in [0.1, 0.15) is 22.8 Å². The van der Waals surface area contributed by atoms with E-state index in [1.165, 1.54) is 37.6 Å². The molecule has 0 aliphatic heterocycles. The molecular formula is C17H16N2O4S. The summed E-state index contributed by atoms with van der Waals surface area (Å²) < 4.78 is 32.3. The predicted molar refractivity (Wildman–Crippen MR) is 89.3 cm³/mol. The summed E-state index contributed by atoms with van der Waals surface area (Å²) in [4.78, 5) is 15.4. The Bertz CT molecular complexity index is 975. The Labute approximate surface area is 139 Å². The lowest BCUT2D eigenvalue weighted by Gasteiger charge is -2.07. The Morgan fingerprint density at radius 3 is 2.62 bits per heavy atom. The Hall–Kier alpha value is -2.51. The lowest BCUT2D eigenvalue weighted by atomic mass is 10.1. The summed E-state index contributed by atoms with van der Waals surface area (Å²) >= 11 is 0. The van der Waals surface area contributed by atoms with E-state index in [0.717, 1.165) is 11.1 Å². The molecule has 7 heteroatoms. The van der Waals surface area contributed by atoms with Crippen LogP contribution in [0.4, 0.5) is 0 Å². The first kappa shape index (κ1) is 16.4. The van der Waals surface area contributed by atoms with Crippen molar-refractivity contribution >= 4 is 26.9 Å². The van der Waals surface area contributed by atoms with Gasteiger partial charge in [-0.25, -0.2) is 18.1 Å². The number of hydrogen-bond donors (Lipinski definition) is 1. The summed E-state index contributed by atoms with van der Waals surface area (Å²) in [5, 5.41) is 0. The second-order valence-corrected chi connectivity index (χ2v) is 7.15. The third-order valence-corrected chi connectivity index (χ3v) is 5.15. The Balaban J connectivity index is 1.65. The van der Waals surface area contributed by atoms with Gasteiger partial charge in [0, 0.05) is 12.1 Å². The Morgan fingerprint density at radius 2 is 1.92 bits per heavy atom. The SMILES string of the molecule is CC(=O)c1ccc(S(=O)(=O)NCCc2ccc3ncoc3c2)cc1. The molecule has 0 aliphatic rings. The molecule has 0 amide bonds. The zero-order chi connectivity index (χ0) is 17.2. The average Bonchev–Trinajstić information content (AvgIpc) is 3.02. The van der Waals surface area contributed by atoms with E-state index in [4.69, 9.17) is 4.42 Å². The van der Waals surface area contributed by atoms with Gasteiger partial charge in [0.15, 0.2) is 17.8 Å². The summed E-state index contributed by atoms with van der Waals surface area (Å²) in [7, 11) is -3.60. The van der Waals surface area contributed by atoms with E-state index in [0.29, 0.717) is 17.6 Å². The summed E-state index contributed by atoms with van der Waals surface area (Å²) in [6.45, 7) is 1.70. The average molecular weight is 344 g/mol. The van der Waals surface area contributed by atoms with Crippen LogP contribution in [0.15, 0.2) is 58.2 Å². The van der Waals surface area contributed by atoms with Crippen molar-refractivity contribution in [2.45, 2.75) is 18.2 Å². The number of benzene rings is 2. The Morgan fingerprint density at radius 1 is 1.17 bits per heavy atom. The zero-order valence-electron chi connectivity index (χ0n) is 13.0. The molecule has 24 heavy (non-hydrogen) atoms. The standard InChI is InChI=1S/C17H16N2O4S/c1-12(20)14-3-5-15(6-4-14)24(21,22)19-9-8-13-2-7-16-17(10-13)23-11-18-16/h2-7,10-11,19H,8-9H2,1H3. The first-order valence-electron chi connectivity index (χ1n) is 7.38. The molecule has 124 valence electrons. The monoisotopic (exact) mass is 344 g/mol. The normalized spacial score (nSPS) is 11.7. The van der Waals surface area contributed by atoms with Crippen LogP contribution in [0.5, 0.6) is 0 Å². The number of rotatable bonds is 6. The summed E-state index contributed by atoms with van der Waals surface area (Å²) in [5.41, 5.74) is 2.88. The minimum atomic E-state index is -3.60. The second-order valence-electron chi connectivity index (χ2n) is 5.38. The maximum atomic E-state index is 12.3. The van der Waals surface area contributed by atoms with E-state index in [1.54, 1.807) is 0 Å². The van der Waals surface area contributed by atoms with Crippen molar-refractivity contribution in [2.75, 3.05) is 6.54 Å². The number of aromatic nitrogens is 1. The molecule has 3 rings (SSSR count). The lowest BCUT2D eigenvalue weighted by molar-refractivity contribution is 0.101. The van der Waals surface area contributed by atoms with Crippen molar-refractivity contribution in [3.05, 3.63) is 60.0 Å². The molecule has 2 aromatic carbocycles. The number of fused-ring (bicyclic) bond motifs is 1. The number of hydrogen-bond acceptors (Lipinski definition) is 5. The number of Topliss-reactive ketones (excluding diaryl/α,β-unsaturated/α-hetero) is 1. The van der Waals surface area contributed by atoms with Crippen LogP contribution < -0.4 is 4.72 Å². The van der Waals surface area contributed by atoms with Gasteiger partial charge in [-0.15, -0.1) is 0 Å². The lowest BCUT2D eigenvalue weighted by Crippen LogP contribution is -2.26. The highest BCUT2D eigenvalue weighted by Gasteiger charge is 2.14. The predicted octanol–water partition coefficient (Wildman–Crippen LogP) is 2.55. The van der Waals surface area contributed by atoms with Crippen LogP contribution in [-0.4, -0.2) is 25.7 Å². The van der Waals surface area contributed by atoms with Crippen molar-refractivity contribution in [3.63, 3.8) is 0 Å². The van der Waals surface area contributed by atoms with Gasteiger partial charge in [0.2, 0.25) is 10.0 Å². The van der Waals surface area contributed by atoms with Crippen LogP contribution in [0, 0.1) is 0 Å². The molecule has 0 saturated heterocycles. The molecule has 0 spiro atoms. The molecule has 0 aliphatic carbocycles. The molecule has 0 unspecified atom stereocenters. The van der Waals surface area contributed by atoms with Crippen molar-refractivity contribution in [1.29, 1.82) is 0 Å². The van der Waals surface area contributed by atoms with Crippen LogP contribution in [0.25, 0.3) is 11.1 Å². The number of ketones is 1. The van der Waals surface area contributed by atoms with Crippen LogP contribution in [-0.2, 0) is 16.4 Å². The fourth-order valence-corrected chi connectivity index (χ4v) is 3.37. The van der Waals surface area contributed by atoms with Gasteiger partial charge in [-0.3, -0.25) is 4.79 Å². The van der Waals surface area contributed by atoms with Crippen molar-refractivity contribution < 1.29 is 17.6 Å². The molecule has 6 nitrogen and oxygen atoms in total. The number of oxazole rings is 1. The first-order valence-corrected chi connectivity index (χ1v) is 8.87. The second kappa shape index (κ2) is 6.54. The molecule has 3 aromatic rings. The van der Waals surface area contributed by atoms with Gasteiger partial charge in [-0.1, -0.05) is 18.2 Å². The van der Waals surface area contributed by atoms with Gasteiger partial charge in [-0.2, -0.15) is 0 Å². The molecule has 1 aromatic heterocycles. The number of nitrogens with one attached hydrogen (secondary N) is 1. The fourth-order valence-electron chi connectivity index (χ4n) is 2.34. The zero-order valence-corrected chi connectivity index (χ0v) is 13.8. The maximum Gasteiger partial charge on any atom is 0.240 e. The third-order valence-electron chi connectivity index (χ3n) is 3.67. The van der Waals surface area contributed by atoms with E-state index < -0.39 is 10.0 Å². The van der Waals surface area contributed by atoms with Crippen molar-refractivity contribution in [3.8, 4) is 0 Å². The van der Waals surface area contributed by atoms with Gasteiger partial charge in [0.25, 0.3) is 0 Å². The van der Waals surface area contributed by atoms with Crippen LogP contribution >= 0.6 is 0 Å². The smallest absolute Gasteiger partial charge is 0.240 e. The van der Waals surface area contributed by atoms with E-state index in [-0.39, 0.29) is 17.2 Å². The summed E-state index contributed by atoms with van der Waals surface area (Å²) in [5.74, 6) is -0.102. The van der Waals surface area contributed by atoms with E-state index >= 15 is 0 Å². The van der Waals surface area contributed by atoms with Crippen molar-refractivity contribution in [2.24, 2.45) is 0 Å². The fraction of sp³-hybridized carbons (Fsp3) is 0.176. The minimum Gasteiger partial charge on any atom is -0.443 e. The maximum absolute atomic E-state index is 12.3. The number of carbonyl (C=O) groups is 1. The molecule has 1 N–H and O–H groups in total. The number of carbonyl (C=O) groups excluding carboxylic acids is 1. The molecule has 0 fully saturated rings. The van der Waals surface area contributed by atoms with Gasteiger partial charge in [0.05, 0.1) is 4.90 Å². The van der Waals surface area contributed by atoms with E-state index in [2.05, 4.69) is 9.71 Å². The summed E-state index contributed by atoms with van der Waals surface area (Å²) in [6, 6.07) is 11.4. The van der Waals surface area contributed by atoms with Gasteiger partial charge >= 0.3 is 0 Å². The van der Waals surface area contributed by atoms with Gasteiger partial charge in [-0.05, 0) is 43.2 Å². The van der Waals surface area contributed by atoms with Gasteiger partial charge < -0.3 is 4.42 Å². The van der Waals surface area contributed by atoms with Crippen LogP contribution in [0.3, 0.4) is 0 Å². The Kier molecular flexibility index (Phi) is 4.46. The van der Waals surface area contributed by atoms with E-state index in [9.17, 15) is 13.2 Å². The number of sulfonamides is 1. The van der Waals surface area contributed by atoms with Gasteiger partial charge in [0.1, 0.15) is 5.52 Å². The van der Waals surface area contributed by atoms with Crippen molar-refractivity contribution in [1.82, 2.24) is 9.71 Å². The molecule has 0 radical (unpaired) electrons. The molecular weight excluding hydrogens is 328 g/mol. The molecule has 1 heterocycles. The first-order chi connectivity index (χ1) is 11.5. The highest BCUT2D eigenvalue weighted by atomic mass is 32.2.